The standard InChI is InChI=1S/C9H14ClN3S/c1-2-13(7-5-3-4-6-7)9-8(10)11-14-12-9/h7H,2-6H2,1H3. The quantitative estimate of drug-likeness (QED) is 0.801. The molecule has 0 unspecified atom stereocenters. The van der Waals surface area contributed by atoms with Gasteiger partial charge >= 0.3 is 0 Å². The molecule has 78 valence electrons. The van der Waals surface area contributed by atoms with Crippen molar-refractivity contribution in [3.63, 3.8) is 0 Å². The van der Waals surface area contributed by atoms with Gasteiger partial charge in [0.15, 0.2) is 11.0 Å². The maximum Gasteiger partial charge on any atom is 0.187 e. The fourth-order valence-corrected chi connectivity index (χ4v) is 2.90. The van der Waals surface area contributed by atoms with Gasteiger partial charge in [0.05, 0.1) is 11.7 Å². The van der Waals surface area contributed by atoms with Crippen molar-refractivity contribution in [3.8, 4) is 0 Å². The molecule has 1 aromatic heterocycles. The summed E-state index contributed by atoms with van der Waals surface area (Å²) in [5.41, 5.74) is 0. The van der Waals surface area contributed by atoms with Gasteiger partial charge in [0, 0.05) is 12.6 Å². The Labute approximate surface area is 93.4 Å². The summed E-state index contributed by atoms with van der Waals surface area (Å²) in [5.74, 6) is 0.881. The molecule has 0 N–H and O–H groups in total. The third-order valence-corrected chi connectivity index (χ3v) is 3.68. The monoisotopic (exact) mass is 231 g/mol. The van der Waals surface area contributed by atoms with Crippen LogP contribution < -0.4 is 4.90 Å². The van der Waals surface area contributed by atoms with E-state index in [1.807, 2.05) is 0 Å². The Bertz CT molecular complexity index is 296. The first-order valence-electron chi connectivity index (χ1n) is 5.07. The molecule has 0 saturated heterocycles. The van der Waals surface area contributed by atoms with E-state index < -0.39 is 0 Å². The van der Waals surface area contributed by atoms with Crippen LogP contribution in [0.5, 0.6) is 0 Å². The molecule has 0 bridgehead atoms. The van der Waals surface area contributed by atoms with E-state index in [0.717, 1.165) is 12.4 Å². The summed E-state index contributed by atoms with van der Waals surface area (Å²) in [7, 11) is 0. The van der Waals surface area contributed by atoms with Crippen LogP contribution in [0.2, 0.25) is 5.15 Å². The molecule has 1 heterocycles. The number of hydrogen-bond donors (Lipinski definition) is 0. The maximum atomic E-state index is 5.99. The van der Waals surface area contributed by atoms with Crippen molar-refractivity contribution < 1.29 is 0 Å². The first kappa shape index (κ1) is 10.2. The van der Waals surface area contributed by atoms with Crippen molar-refractivity contribution in [2.45, 2.75) is 38.6 Å². The fourth-order valence-electron chi connectivity index (χ4n) is 2.14. The predicted octanol–water partition coefficient (Wildman–Crippen LogP) is 2.96. The van der Waals surface area contributed by atoms with Gasteiger partial charge in [-0.15, -0.1) is 0 Å². The molecule has 1 aliphatic rings. The first-order valence-corrected chi connectivity index (χ1v) is 6.18. The summed E-state index contributed by atoms with van der Waals surface area (Å²) < 4.78 is 8.27. The molecule has 0 atom stereocenters. The van der Waals surface area contributed by atoms with Crippen LogP contribution in [0.15, 0.2) is 0 Å². The smallest absolute Gasteiger partial charge is 0.187 e. The highest BCUT2D eigenvalue weighted by atomic mass is 35.5. The molecule has 1 saturated carbocycles. The predicted molar refractivity (Wildman–Crippen MR) is 60.2 cm³/mol. The number of nitrogens with zero attached hydrogens (tertiary/aromatic N) is 3. The molecule has 3 nitrogen and oxygen atoms in total. The zero-order chi connectivity index (χ0) is 9.97. The van der Waals surface area contributed by atoms with E-state index in [4.69, 9.17) is 11.6 Å². The molecule has 1 fully saturated rings. The van der Waals surface area contributed by atoms with E-state index in [0.29, 0.717) is 11.2 Å². The summed E-state index contributed by atoms with van der Waals surface area (Å²) in [6, 6.07) is 0.626. The van der Waals surface area contributed by atoms with E-state index in [9.17, 15) is 0 Å². The number of aromatic nitrogens is 2. The van der Waals surface area contributed by atoms with Gasteiger partial charge in [-0.25, -0.2) is 0 Å². The minimum atomic E-state index is 0.559. The largest absolute Gasteiger partial charge is 0.350 e. The Morgan fingerprint density at radius 3 is 2.64 bits per heavy atom. The normalized spacial score (nSPS) is 17.6. The highest BCUT2D eigenvalue weighted by Crippen LogP contribution is 2.30. The van der Waals surface area contributed by atoms with Crippen molar-refractivity contribution >= 4 is 29.1 Å². The number of anilines is 1. The van der Waals surface area contributed by atoms with Gasteiger partial charge in [0.25, 0.3) is 0 Å². The van der Waals surface area contributed by atoms with Gasteiger partial charge in [-0.1, -0.05) is 24.4 Å². The summed E-state index contributed by atoms with van der Waals surface area (Å²) in [6.07, 6.45) is 5.19. The zero-order valence-corrected chi connectivity index (χ0v) is 9.81. The Morgan fingerprint density at radius 1 is 1.43 bits per heavy atom. The van der Waals surface area contributed by atoms with E-state index in [-0.39, 0.29) is 0 Å². The van der Waals surface area contributed by atoms with Crippen molar-refractivity contribution in [3.05, 3.63) is 5.15 Å². The average Bonchev–Trinajstić information content (AvgIpc) is 2.80. The Hall–Kier alpha value is -0.350. The minimum Gasteiger partial charge on any atom is -0.350 e. The molecule has 0 aromatic carbocycles. The summed E-state index contributed by atoms with van der Waals surface area (Å²) in [6.45, 7) is 3.11. The van der Waals surface area contributed by atoms with Crippen molar-refractivity contribution in [2.24, 2.45) is 0 Å². The third-order valence-electron chi connectivity index (χ3n) is 2.81. The Kier molecular flexibility index (Phi) is 3.23. The van der Waals surface area contributed by atoms with Gasteiger partial charge in [-0.05, 0) is 19.8 Å². The molecular formula is C9H14ClN3S. The first-order chi connectivity index (χ1) is 6.83. The molecule has 1 aromatic rings. The van der Waals surface area contributed by atoms with Gasteiger partial charge in [-0.3, -0.25) is 0 Å². The fraction of sp³-hybridized carbons (Fsp3) is 0.778. The summed E-state index contributed by atoms with van der Waals surface area (Å²) >= 11 is 7.18. The molecule has 0 amide bonds. The van der Waals surface area contributed by atoms with Gasteiger partial charge in [-0.2, -0.15) is 8.75 Å². The molecular weight excluding hydrogens is 218 g/mol. The van der Waals surface area contributed by atoms with Crippen LogP contribution in [0.4, 0.5) is 5.82 Å². The van der Waals surface area contributed by atoms with E-state index >= 15 is 0 Å². The van der Waals surface area contributed by atoms with E-state index in [2.05, 4.69) is 20.6 Å². The van der Waals surface area contributed by atoms with Crippen LogP contribution in [0.1, 0.15) is 32.6 Å². The number of rotatable bonds is 3. The molecule has 0 radical (unpaired) electrons. The van der Waals surface area contributed by atoms with Crippen LogP contribution in [0, 0.1) is 0 Å². The SMILES string of the molecule is CCN(c1nsnc1Cl)C1CCCC1. The van der Waals surface area contributed by atoms with E-state index in [1.165, 1.54) is 37.4 Å². The minimum absolute atomic E-state index is 0.559. The second kappa shape index (κ2) is 4.45. The second-order valence-electron chi connectivity index (χ2n) is 3.60. The lowest BCUT2D eigenvalue weighted by Gasteiger charge is -2.27. The zero-order valence-electron chi connectivity index (χ0n) is 8.24. The van der Waals surface area contributed by atoms with Crippen LogP contribution in [-0.2, 0) is 0 Å². The lowest BCUT2D eigenvalue weighted by Crippen LogP contribution is -2.33. The highest BCUT2D eigenvalue weighted by Gasteiger charge is 2.24. The van der Waals surface area contributed by atoms with Gasteiger partial charge in [0.2, 0.25) is 0 Å². The molecule has 2 rings (SSSR count). The van der Waals surface area contributed by atoms with Gasteiger partial charge < -0.3 is 4.90 Å². The van der Waals surface area contributed by atoms with Crippen molar-refractivity contribution in [1.82, 2.24) is 8.75 Å². The van der Waals surface area contributed by atoms with E-state index in [1.54, 1.807) is 0 Å². The Balaban J connectivity index is 2.16. The summed E-state index contributed by atoms with van der Waals surface area (Å²) in [5, 5.41) is 0.559. The van der Waals surface area contributed by atoms with Crippen molar-refractivity contribution in [2.75, 3.05) is 11.4 Å². The maximum absolute atomic E-state index is 5.99. The molecule has 5 heteroatoms. The lowest BCUT2D eigenvalue weighted by atomic mass is 10.2. The molecule has 0 spiro atoms. The number of hydrogen-bond acceptors (Lipinski definition) is 4. The highest BCUT2D eigenvalue weighted by molar-refractivity contribution is 6.99. The molecule has 0 aliphatic heterocycles. The molecule has 14 heavy (non-hydrogen) atoms. The molecule has 1 aliphatic carbocycles. The summed E-state index contributed by atoms with van der Waals surface area (Å²) in [4.78, 5) is 2.29. The van der Waals surface area contributed by atoms with Crippen LogP contribution in [-0.4, -0.2) is 21.3 Å². The average molecular weight is 232 g/mol. The number of halogens is 1. The van der Waals surface area contributed by atoms with Gasteiger partial charge in [0.1, 0.15) is 0 Å². The lowest BCUT2D eigenvalue weighted by molar-refractivity contribution is 0.615. The van der Waals surface area contributed by atoms with Crippen molar-refractivity contribution in [1.29, 1.82) is 0 Å². The van der Waals surface area contributed by atoms with Crippen LogP contribution in [0.25, 0.3) is 0 Å². The van der Waals surface area contributed by atoms with Crippen LogP contribution >= 0.6 is 23.3 Å². The second-order valence-corrected chi connectivity index (χ2v) is 4.49. The third kappa shape index (κ3) is 1.86. The Morgan fingerprint density at radius 2 is 2.14 bits per heavy atom. The topological polar surface area (TPSA) is 29.0 Å². The van der Waals surface area contributed by atoms with Crippen LogP contribution in [0.3, 0.4) is 0 Å².